The summed E-state index contributed by atoms with van der Waals surface area (Å²) in [7, 11) is 0. The molecular formula is C11H24. The molecule has 0 saturated carbocycles. The summed E-state index contributed by atoms with van der Waals surface area (Å²) in [4.78, 5) is 0. The Kier molecular flexibility index (Phi) is 7.82. The van der Waals surface area contributed by atoms with Gasteiger partial charge in [0, 0.05) is 0 Å². The van der Waals surface area contributed by atoms with Crippen LogP contribution in [-0.2, 0) is 0 Å². The van der Waals surface area contributed by atoms with Gasteiger partial charge in [0.1, 0.15) is 0 Å². The van der Waals surface area contributed by atoms with E-state index in [9.17, 15) is 0 Å². The Morgan fingerprint density at radius 3 is 1.36 bits per heavy atom. The lowest BCUT2D eigenvalue weighted by molar-refractivity contribution is 0.398. The van der Waals surface area contributed by atoms with E-state index in [0.29, 0.717) is 5.41 Å². The topological polar surface area (TPSA) is 0 Å². The van der Waals surface area contributed by atoms with Crippen molar-refractivity contribution in [2.45, 2.75) is 54.9 Å². The Hall–Kier alpha value is -0.260. The van der Waals surface area contributed by atoms with Crippen LogP contribution in [0.4, 0.5) is 0 Å². The van der Waals surface area contributed by atoms with Crippen LogP contribution in [0.15, 0.2) is 11.6 Å². The molecule has 0 saturated heterocycles. The lowest BCUT2D eigenvalue weighted by Gasteiger charge is -2.12. The van der Waals surface area contributed by atoms with Crippen molar-refractivity contribution < 1.29 is 0 Å². The fraction of sp³-hybridized carbons (Fsp3) is 0.818. The second-order valence-electron chi connectivity index (χ2n) is 4.28. The average Bonchev–Trinajstić information content (AvgIpc) is 1.88. The second-order valence-corrected chi connectivity index (χ2v) is 4.28. The van der Waals surface area contributed by atoms with Crippen molar-refractivity contribution in [1.82, 2.24) is 0 Å². The van der Waals surface area contributed by atoms with Gasteiger partial charge in [0.2, 0.25) is 0 Å². The molecule has 0 aromatic carbocycles. The lowest BCUT2D eigenvalue weighted by Crippen LogP contribution is -2.00. The average molecular weight is 156 g/mol. The van der Waals surface area contributed by atoms with E-state index in [1.165, 1.54) is 12.0 Å². The molecule has 0 aliphatic carbocycles. The van der Waals surface area contributed by atoms with Crippen molar-refractivity contribution in [3.8, 4) is 0 Å². The largest absolute Gasteiger partial charge is 0.0890 e. The zero-order chi connectivity index (χ0) is 9.49. The minimum Gasteiger partial charge on any atom is -0.0890 e. The predicted octanol–water partition coefficient (Wildman–Crippen LogP) is 4.42. The van der Waals surface area contributed by atoms with Gasteiger partial charge in [-0.15, -0.1) is 0 Å². The summed E-state index contributed by atoms with van der Waals surface area (Å²) in [5.41, 5.74) is 1.92. The molecule has 0 N–H and O–H groups in total. The molecule has 68 valence electrons. The van der Waals surface area contributed by atoms with Gasteiger partial charge in [-0.1, -0.05) is 45.8 Å². The van der Waals surface area contributed by atoms with E-state index in [4.69, 9.17) is 0 Å². The third-order valence-corrected chi connectivity index (χ3v) is 1.64. The second kappa shape index (κ2) is 6.45. The van der Waals surface area contributed by atoms with Crippen molar-refractivity contribution >= 4 is 0 Å². The van der Waals surface area contributed by atoms with E-state index in [1.807, 2.05) is 6.92 Å². The fourth-order valence-corrected chi connectivity index (χ4v) is 0. The van der Waals surface area contributed by atoms with Crippen molar-refractivity contribution in [2.24, 2.45) is 5.41 Å². The summed E-state index contributed by atoms with van der Waals surface area (Å²) in [6.45, 7) is 15.1. The van der Waals surface area contributed by atoms with E-state index >= 15 is 0 Å². The highest BCUT2D eigenvalue weighted by Gasteiger charge is 2.03. The van der Waals surface area contributed by atoms with Gasteiger partial charge in [0.15, 0.2) is 0 Å². The SMILES string of the molecule is CC=C(C)C.CCC(C)(C)C. The Morgan fingerprint density at radius 2 is 1.36 bits per heavy atom. The van der Waals surface area contributed by atoms with E-state index in [-0.39, 0.29) is 0 Å². The molecule has 0 rings (SSSR count). The van der Waals surface area contributed by atoms with Gasteiger partial charge in [-0.3, -0.25) is 0 Å². The molecule has 0 aliphatic rings. The zero-order valence-electron chi connectivity index (χ0n) is 9.28. The van der Waals surface area contributed by atoms with Crippen LogP contribution in [0.1, 0.15) is 54.9 Å². The quantitative estimate of drug-likeness (QED) is 0.456. The highest BCUT2D eigenvalue weighted by molar-refractivity contribution is 4.88. The third-order valence-electron chi connectivity index (χ3n) is 1.64. The number of rotatable bonds is 0. The molecular weight excluding hydrogens is 132 g/mol. The molecule has 0 amide bonds. The molecule has 0 aliphatic heterocycles. The van der Waals surface area contributed by atoms with Gasteiger partial charge >= 0.3 is 0 Å². The van der Waals surface area contributed by atoms with Crippen LogP contribution in [0.2, 0.25) is 0 Å². The smallest absolute Gasteiger partial charge is 0.0385 e. The first-order valence-electron chi connectivity index (χ1n) is 4.43. The van der Waals surface area contributed by atoms with Gasteiger partial charge < -0.3 is 0 Å². The number of hydrogen-bond donors (Lipinski definition) is 0. The summed E-state index contributed by atoms with van der Waals surface area (Å²) in [6, 6.07) is 0. The number of allylic oxidation sites excluding steroid dienone is 2. The molecule has 0 nitrogen and oxygen atoms in total. The molecule has 0 fully saturated rings. The molecule has 0 spiro atoms. The monoisotopic (exact) mass is 156 g/mol. The van der Waals surface area contributed by atoms with Crippen LogP contribution in [0.25, 0.3) is 0 Å². The molecule has 0 radical (unpaired) electrons. The highest BCUT2D eigenvalue weighted by atomic mass is 14.1. The van der Waals surface area contributed by atoms with Crippen LogP contribution in [-0.4, -0.2) is 0 Å². The van der Waals surface area contributed by atoms with E-state index < -0.39 is 0 Å². The first-order chi connectivity index (χ1) is 4.83. The summed E-state index contributed by atoms with van der Waals surface area (Å²) in [6.07, 6.45) is 3.35. The molecule has 0 aromatic rings. The Balaban J connectivity index is 0. The first-order valence-corrected chi connectivity index (χ1v) is 4.43. The molecule has 0 unspecified atom stereocenters. The molecule has 0 bridgehead atoms. The van der Waals surface area contributed by atoms with Gasteiger partial charge in [-0.2, -0.15) is 0 Å². The Labute approximate surface area is 72.7 Å². The van der Waals surface area contributed by atoms with Crippen LogP contribution in [0.3, 0.4) is 0 Å². The summed E-state index contributed by atoms with van der Waals surface area (Å²) in [5, 5.41) is 0. The van der Waals surface area contributed by atoms with E-state index in [0.717, 1.165) is 0 Å². The van der Waals surface area contributed by atoms with E-state index in [1.54, 1.807) is 0 Å². The lowest BCUT2D eigenvalue weighted by atomic mass is 9.94. The third kappa shape index (κ3) is 26.0. The van der Waals surface area contributed by atoms with Crippen LogP contribution in [0.5, 0.6) is 0 Å². The van der Waals surface area contributed by atoms with Crippen molar-refractivity contribution in [1.29, 1.82) is 0 Å². The predicted molar refractivity (Wildman–Crippen MR) is 54.9 cm³/mol. The van der Waals surface area contributed by atoms with Crippen molar-refractivity contribution in [3.05, 3.63) is 11.6 Å². The standard InChI is InChI=1S/C6H14.C5H10/c1-5-6(2,3)4;1-4-5(2)3/h5H2,1-4H3;4H,1-3H3. The van der Waals surface area contributed by atoms with Gasteiger partial charge in [-0.25, -0.2) is 0 Å². The first kappa shape index (κ1) is 13.3. The Bertz CT molecular complexity index is 97.7. The van der Waals surface area contributed by atoms with Gasteiger partial charge in [0.05, 0.1) is 0 Å². The Morgan fingerprint density at radius 1 is 1.18 bits per heavy atom. The minimum absolute atomic E-state index is 0.542. The summed E-state index contributed by atoms with van der Waals surface area (Å²) < 4.78 is 0. The van der Waals surface area contributed by atoms with E-state index in [2.05, 4.69) is 47.6 Å². The minimum atomic E-state index is 0.542. The zero-order valence-corrected chi connectivity index (χ0v) is 9.28. The molecule has 0 heteroatoms. The van der Waals surface area contributed by atoms with Gasteiger partial charge in [0.25, 0.3) is 0 Å². The number of hydrogen-bond acceptors (Lipinski definition) is 0. The van der Waals surface area contributed by atoms with Crippen molar-refractivity contribution in [2.75, 3.05) is 0 Å². The van der Waals surface area contributed by atoms with Gasteiger partial charge in [-0.05, 0) is 26.2 Å². The van der Waals surface area contributed by atoms with Crippen LogP contribution < -0.4 is 0 Å². The molecule has 0 heterocycles. The van der Waals surface area contributed by atoms with Crippen molar-refractivity contribution in [3.63, 3.8) is 0 Å². The maximum atomic E-state index is 2.24. The summed E-state index contributed by atoms with van der Waals surface area (Å²) in [5.74, 6) is 0. The normalized spacial score (nSPS) is 9.73. The maximum absolute atomic E-state index is 2.24. The van der Waals surface area contributed by atoms with Crippen LogP contribution >= 0.6 is 0 Å². The molecule has 11 heavy (non-hydrogen) atoms. The summed E-state index contributed by atoms with van der Waals surface area (Å²) >= 11 is 0. The molecule has 0 atom stereocenters. The fourth-order valence-electron chi connectivity index (χ4n) is 0. The maximum Gasteiger partial charge on any atom is -0.0385 e. The highest BCUT2D eigenvalue weighted by Crippen LogP contribution is 2.16. The van der Waals surface area contributed by atoms with Crippen LogP contribution in [0, 0.1) is 5.41 Å². The molecule has 0 aromatic heterocycles.